The molecule has 0 aromatic heterocycles. The monoisotopic (exact) mass is 548 g/mol. The third-order valence-electron chi connectivity index (χ3n) is 6.07. The Bertz CT molecular complexity index is 657. The lowest BCUT2D eigenvalue weighted by molar-refractivity contribution is 0.109. The van der Waals surface area contributed by atoms with E-state index in [1.54, 1.807) is 0 Å². The normalized spacial score (nSPS) is 20.1. The third kappa shape index (κ3) is 7.14. The van der Waals surface area contributed by atoms with Gasteiger partial charge in [-0.15, -0.1) is 24.0 Å². The number of nitrogens with zero attached hydrogens (tertiary/aromatic N) is 5. The Morgan fingerprint density at radius 1 is 1.07 bits per heavy atom. The molecule has 2 fully saturated rings. The molecule has 8 heteroatoms. The third-order valence-corrected chi connectivity index (χ3v) is 6.31. The van der Waals surface area contributed by atoms with Crippen LogP contribution in [-0.2, 0) is 0 Å². The molecule has 1 atom stereocenters. The summed E-state index contributed by atoms with van der Waals surface area (Å²) in [5, 5.41) is 4.30. The summed E-state index contributed by atoms with van der Waals surface area (Å²) in [4.78, 5) is 14.9. The molecular formula is C22H38ClIN6. The van der Waals surface area contributed by atoms with E-state index >= 15 is 0 Å². The Hall–Kier alpha value is -0.770. The van der Waals surface area contributed by atoms with Gasteiger partial charge in [-0.3, -0.25) is 9.89 Å². The van der Waals surface area contributed by atoms with Gasteiger partial charge >= 0.3 is 0 Å². The summed E-state index contributed by atoms with van der Waals surface area (Å²) < 4.78 is 0. The van der Waals surface area contributed by atoms with Crippen LogP contribution >= 0.6 is 35.6 Å². The highest BCUT2D eigenvalue weighted by Crippen LogP contribution is 2.20. The number of aliphatic imine (C=N–C) groups is 1. The molecule has 2 heterocycles. The number of halogens is 2. The summed E-state index contributed by atoms with van der Waals surface area (Å²) in [6.45, 7) is 18.2. The lowest BCUT2D eigenvalue weighted by atomic mass is 10.2. The molecule has 0 radical (unpaired) electrons. The number of rotatable bonds is 6. The smallest absolute Gasteiger partial charge is 0.194 e. The van der Waals surface area contributed by atoms with Gasteiger partial charge in [0.15, 0.2) is 5.96 Å². The molecule has 30 heavy (non-hydrogen) atoms. The first-order chi connectivity index (χ1) is 14.1. The van der Waals surface area contributed by atoms with Crippen LogP contribution in [0.15, 0.2) is 29.3 Å². The summed E-state index contributed by atoms with van der Waals surface area (Å²) in [5.41, 5.74) is 1.21. The standard InChI is InChI=1S/C22H37ClN6.HI/c1-4-24-22(25-18-19(3)27-11-9-26(5-2)10-12-27)29-15-13-28(14-16-29)21-8-6-7-20(23)17-21;/h6-8,17,19H,4-5,9-16,18H2,1-3H3,(H,24,25);1H. The molecular weight excluding hydrogens is 511 g/mol. The number of guanidine groups is 1. The Labute approximate surface area is 204 Å². The van der Waals surface area contributed by atoms with Gasteiger partial charge in [0.2, 0.25) is 0 Å². The van der Waals surface area contributed by atoms with Crippen molar-refractivity contribution >= 4 is 47.2 Å². The van der Waals surface area contributed by atoms with Crippen LogP contribution in [-0.4, -0.2) is 98.7 Å². The molecule has 1 N–H and O–H groups in total. The van der Waals surface area contributed by atoms with E-state index in [2.05, 4.69) is 57.8 Å². The largest absolute Gasteiger partial charge is 0.368 e. The van der Waals surface area contributed by atoms with Crippen LogP contribution in [0.2, 0.25) is 5.02 Å². The molecule has 2 saturated heterocycles. The average Bonchev–Trinajstić information content (AvgIpc) is 2.76. The summed E-state index contributed by atoms with van der Waals surface area (Å²) >= 11 is 6.16. The maximum absolute atomic E-state index is 6.16. The second-order valence-electron chi connectivity index (χ2n) is 7.97. The van der Waals surface area contributed by atoms with Gasteiger partial charge in [0.05, 0.1) is 6.54 Å². The number of benzene rings is 1. The lowest BCUT2D eigenvalue weighted by Gasteiger charge is -2.39. The maximum Gasteiger partial charge on any atom is 0.194 e. The Morgan fingerprint density at radius 2 is 1.77 bits per heavy atom. The lowest BCUT2D eigenvalue weighted by Crippen LogP contribution is -2.53. The maximum atomic E-state index is 6.16. The quantitative estimate of drug-likeness (QED) is 0.336. The molecule has 0 saturated carbocycles. The summed E-state index contributed by atoms with van der Waals surface area (Å²) in [6.07, 6.45) is 0. The van der Waals surface area contributed by atoms with Crippen molar-refractivity contribution in [3.8, 4) is 0 Å². The topological polar surface area (TPSA) is 37.4 Å². The Kier molecular flexibility index (Phi) is 11.0. The van der Waals surface area contributed by atoms with Gasteiger partial charge in [-0.2, -0.15) is 0 Å². The zero-order chi connectivity index (χ0) is 20.6. The highest BCUT2D eigenvalue weighted by atomic mass is 127. The van der Waals surface area contributed by atoms with E-state index in [4.69, 9.17) is 16.6 Å². The van der Waals surface area contributed by atoms with Crippen LogP contribution in [0.1, 0.15) is 20.8 Å². The average molecular weight is 549 g/mol. The van der Waals surface area contributed by atoms with Gasteiger partial charge in [0.25, 0.3) is 0 Å². The van der Waals surface area contributed by atoms with Crippen LogP contribution in [0, 0.1) is 0 Å². The van der Waals surface area contributed by atoms with Crippen LogP contribution in [0.25, 0.3) is 0 Å². The molecule has 1 aromatic carbocycles. The number of hydrogen-bond acceptors (Lipinski definition) is 4. The molecule has 2 aliphatic rings. The molecule has 0 bridgehead atoms. The summed E-state index contributed by atoms with van der Waals surface area (Å²) in [6, 6.07) is 8.63. The van der Waals surface area contributed by atoms with Gasteiger partial charge in [-0.05, 0) is 38.6 Å². The fourth-order valence-electron chi connectivity index (χ4n) is 4.13. The van der Waals surface area contributed by atoms with E-state index < -0.39 is 0 Å². The van der Waals surface area contributed by atoms with E-state index in [-0.39, 0.29) is 24.0 Å². The van der Waals surface area contributed by atoms with Crippen molar-refractivity contribution in [2.24, 2.45) is 4.99 Å². The minimum Gasteiger partial charge on any atom is -0.368 e. The van der Waals surface area contributed by atoms with Crippen molar-refractivity contribution in [2.75, 3.05) is 76.9 Å². The van der Waals surface area contributed by atoms with E-state index in [9.17, 15) is 0 Å². The van der Waals surface area contributed by atoms with Gasteiger partial charge in [-0.1, -0.05) is 24.6 Å². The number of hydrogen-bond donors (Lipinski definition) is 1. The molecule has 0 amide bonds. The fraction of sp³-hybridized carbons (Fsp3) is 0.682. The number of anilines is 1. The van der Waals surface area contributed by atoms with Crippen molar-refractivity contribution in [3.63, 3.8) is 0 Å². The zero-order valence-electron chi connectivity index (χ0n) is 18.7. The van der Waals surface area contributed by atoms with Crippen molar-refractivity contribution in [3.05, 3.63) is 29.3 Å². The molecule has 2 aliphatic heterocycles. The van der Waals surface area contributed by atoms with E-state index in [1.807, 2.05) is 12.1 Å². The first kappa shape index (κ1) is 25.5. The van der Waals surface area contributed by atoms with Gasteiger partial charge in [-0.25, -0.2) is 0 Å². The van der Waals surface area contributed by atoms with Crippen molar-refractivity contribution < 1.29 is 0 Å². The molecule has 6 nitrogen and oxygen atoms in total. The first-order valence-corrected chi connectivity index (χ1v) is 11.5. The Balaban J connectivity index is 0.00000320. The molecule has 170 valence electrons. The first-order valence-electron chi connectivity index (χ1n) is 11.1. The van der Waals surface area contributed by atoms with Crippen LogP contribution in [0.5, 0.6) is 0 Å². The summed E-state index contributed by atoms with van der Waals surface area (Å²) in [7, 11) is 0. The molecule has 0 aliphatic carbocycles. The minimum absolute atomic E-state index is 0. The van der Waals surface area contributed by atoms with Gasteiger partial charge < -0.3 is 20.0 Å². The van der Waals surface area contributed by atoms with E-state index in [0.717, 1.165) is 69.9 Å². The molecule has 1 unspecified atom stereocenters. The predicted octanol–water partition coefficient (Wildman–Crippen LogP) is 3.07. The fourth-order valence-corrected chi connectivity index (χ4v) is 4.31. The van der Waals surface area contributed by atoms with Crippen LogP contribution in [0.4, 0.5) is 5.69 Å². The van der Waals surface area contributed by atoms with E-state index in [0.29, 0.717) is 6.04 Å². The Morgan fingerprint density at radius 3 is 2.37 bits per heavy atom. The van der Waals surface area contributed by atoms with Crippen molar-refractivity contribution in [1.82, 2.24) is 20.0 Å². The second kappa shape index (κ2) is 12.9. The molecule has 1 aromatic rings. The number of nitrogens with one attached hydrogen (secondary N) is 1. The molecule has 0 spiro atoms. The number of likely N-dealkylation sites (N-methyl/N-ethyl adjacent to an activating group) is 1. The van der Waals surface area contributed by atoms with E-state index in [1.165, 1.54) is 18.8 Å². The predicted molar refractivity (Wildman–Crippen MR) is 140 cm³/mol. The zero-order valence-corrected chi connectivity index (χ0v) is 21.8. The summed E-state index contributed by atoms with van der Waals surface area (Å²) in [5.74, 6) is 1.05. The highest BCUT2D eigenvalue weighted by Gasteiger charge is 2.22. The second-order valence-corrected chi connectivity index (χ2v) is 8.40. The van der Waals surface area contributed by atoms with Crippen LogP contribution < -0.4 is 10.2 Å². The SMILES string of the molecule is CCNC(=NCC(C)N1CCN(CC)CC1)N1CCN(c2cccc(Cl)c2)CC1.I. The van der Waals surface area contributed by atoms with Crippen LogP contribution in [0.3, 0.4) is 0 Å². The van der Waals surface area contributed by atoms with Crippen molar-refractivity contribution in [2.45, 2.75) is 26.8 Å². The minimum atomic E-state index is 0. The highest BCUT2D eigenvalue weighted by molar-refractivity contribution is 14.0. The molecule has 3 rings (SSSR count). The van der Waals surface area contributed by atoms with Crippen molar-refractivity contribution in [1.29, 1.82) is 0 Å². The number of piperazine rings is 2. The van der Waals surface area contributed by atoms with Gasteiger partial charge in [0.1, 0.15) is 0 Å². The van der Waals surface area contributed by atoms with Gasteiger partial charge in [0, 0.05) is 75.7 Å².